The highest BCUT2D eigenvalue weighted by molar-refractivity contribution is 5.70. The van der Waals surface area contributed by atoms with Crippen LogP contribution in [0.5, 0.6) is 0 Å². The van der Waals surface area contributed by atoms with Crippen molar-refractivity contribution in [3.8, 4) is 11.8 Å². The number of halogens is 2. The van der Waals surface area contributed by atoms with E-state index in [4.69, 9.17) is 10.5 Å². The van der Waals surface area contributed by atoms with Crippen LogP contribution in [0.2, 0.25) is 0 Å². The van der Waals surface area contributed by atoms with E-state index < -0.39 is 37.4 Å². The first-order valence-corrected chi connectivity index (χ1v) is 6.65. The van der Waals surface area contributed by atoms with E-state index in [1.807, 2.05) is 11.8 Å². The van der Waals surface area contributed by atoms with Crippen LogP contribution in [0.25, 0.3) is 11.2 Å². The lowest BCUT2D eigenvalue weighted by molar-refractivity contribution is -0.0504. The molecule has 8 nitrogen and oxygen atoms in total. The molecule has 4 N–H and O–H groups in total. The molecule has 0 amide bonds. The number of nitrogen functional groups attached to an aromatic ring is 1. The molecule has 1 saturated heterocycles. The Labute approximate surface area is 128 Å². The Kier molecular flexibility index (Phi) is 3.85. The van der Waals surface area contributed by atoms with Crippen molar-refractivity contribution < 1.29 is 23.7 Å². The van der Waals surface area contributed by atoms with Gasteiger partial charge in [0, 0.05) is 0 Å². The number of aliphatic hydroxyl groups excluding tert-OH is 2. The zero-order chi connectivity index (χ0) is 16.6. The first kappa shape index (κ1) is 15.5. The first-order chi connectivity index (χ1) is 11.0. The molecule has 0 bridgehead atoms. The van der Waals surface area contributed by atoms with Gasteiger partial charge in [-0.3, -0.25) is 4.57 Å². The molecule has 1 aliphatic rings. The molecule has 3 rings (SSSR count). The van der Waals surface area contributed by atoms with Crippen LogP contribution in [0.3, 0.4) is 0 Å². The molecule has 10 heteroatoms. The Morgan fingerprint density at radius 2 is 2.26 bits per heavy atom. The molecule has 1 aliphatic heterocycles. The van der Waals surface area contributed by atoms with Crippen molar-refractivity contribution in [1.82, 2.24) is 19.5 Å². The van der Waals surface area contributed by atoms with Crippen LogP contribution in [-0.4, -0.2) is 60.9 Å². The maximum absolute atomic E-state index is 15.2. The van der Waals surface area contributed by atoms with E-state index in [1.54, 1.807) is 0 Å². The highest BCUT2D eigenvalue weighted by atomic mass is 19.1. The molecule has 2 aromatic heterocycles. The highest BCUT2D eigenvalue weighted by Gasteiger charge is 2.57. The standard InChI is InChI=1S/C13H13F2N5O3/c14-3-1-2-13(15)9(22)8(5-21)23-11(13)20-6-18-7-4-17-12(16)19-10(7)20/h4,6,8-9,11,21-22H,3,5H2,(H2,16,17,19)/t8-,9?,11-,13-/m1/s1. The number of rotatable bonds is 2. The minimum Gasteiger partial charge on any atom is -0.394 e. The Bertz CT molecular complexity index is 789. The number of hydrogen-bond donors (Lipinski definition) is 3. The molecule has 0 radical (unpaired) electrons. The van der Waals surface area contributed by atoms with Gasteiger partial charge in [0.25, 0.3) is 0 Å². The maximum Gasteiger partial charge on any atom is 0.243 e. The van der Waals surface area contributed by atoms with Crippen LogP contribution in [0, 0.1) is 11.8 Å². The normalized spacial score (nSPS) is 30.3. The number of aliphatic hydroxyl groups is 2. The highest BCUT2D eigenvalue weighted by Crippen LogP contribution is 2.42. The summed E-state index contributed by atoms with van der Waals surface area (Å²) in [6.07, 6.45) is -1.91. The smallest absolute Gasteiger partial charge is 0.243 e. The summed E-state index contributed by atoms with van der Waals surface area (Å²) in [5, 5.41) is 19.3. The van der Waals surface area contributed by atoms with Gasteiger partial charge in [-0.25, -0.2) is 18.7 Å². The largest absolute Gasteiger partial charge is 0.394 e. The third kappa shape index (κ3) is 2.39. The van der Waals surface area contributed by atoms with Crippen molar-refractivity contribution in [2.75, 3.05) is 19.0 Å². The fourth-order valence-electron chi connectivity index (χ4n) is 2.48. The van der Waals surface area contributed by atoms with Crippen molar-refractivity contribution in [1.29, 1.82) is 0 Å². The van der Waals surface area contributed by atoms with E-state index in [9.17, 15) is 14.6 Å². The number of hydrogen-bond acceptors (Lipinski definition) is 7. The zero-order valence-corrected chi connectivity index (χ0v) is 11.7. The van der Waals surface area contributed by atoms with E-state index in [0.717, 1.165) is 0 Å². The average molecular weight is 325 g/mol. The number of ether oxygens (including phenoxy) is 1. The summed E-state index contributed by atoms with van der Waals surface area (Å²) < 4.78 is 34.1. The summed E-state index contributed by atoms with van der Waals surface area (Å²) >= 11 is 0. The van der Waals surface area contributed by atoms with Gasteiger partial charge in [0.05, 0.1) is 19.1 Å². The summed E-state index contributed by atoms with van der Waals surface area (Å²) in [5.41, 5.74) is 3.36. The Morgan fingerprint density at radius 1 is 1.48 bits per heavy atom. The van der Waals surface area contributed by atoms with Crippen LogP contribution in [0.4, 0.5) is 14.7 Å². The third-order valence-electron chi connectivity index (χ3n) is 3.56. The quantitative estimate of drug-likeness (QED) is 0.627. The lowest BCUT2D eigenvalue weighted by Gasteiger charge is -2.23. The monoisotopic (exact) mass is 325 g/mol. The van der Waals surface area contributed by atoms with Gasteiger partial charge in [0.15, 0.2) is 11.9 Å². The molecular weight excluding hydrogens is 312 g/mol. The molecule has 3 heterocycles. The number of alkyl halides is 2. The summed E-state index contributed by atoms with van der Waals surface area (Å²) in [5.74, 6) is 3.93. The van der Waals surface area contributed by atoms with Crippen LogP contribution in [-0.2, 0) is 4.74 Å². The number of imidazole rings is 1. The van der Waals surface area contributed by atoms with Crippen molar-refractivity contribution in [3.63, 3.8) is 0 Å². The lowest BCUT2D eigenvalue weighted by Crippen LogP contribution is -2.42. The summed E-state index contributed by atoms with van der Waals surface area (Å²) in [4.78, 5) is 11.7. The molecule has 0 spiro atoms. The zero-order valence-electron chi connectivity index (χ0n) is 11.7. The van der Waals surface area contributed by atoms with Crippen LogP contribution >= 0.6 is 0 Å². The number of anilines is 1. The fraction of sp³-hybridized carbons (Fsp3) is 0.462. The second-order valence-corrected chi connectivity index (χ2v) is 4.95. The van der Waals surface area contributed by atoms with Gasteiger partial charge in [-0.15, -0.1) is 0 Å². The molecule has 2 aromatic rings. The van der Waals surface area contributed by atoms with E-state index in [-0.39, 0.29) is 11.6 Å². The van der Waals surface area contributed by atoms with Gasteiger partial charge < -0.3 is 20.7 Å². The lowest BCUT2D eigenvalue weighted by atomic mass is 9.96. The van der Waals surface area contributed by atoms with E-state index >= 15 is 4.39 Å². The summed E-state index contributed by atoms with van der Waals surface area (Å²) in [6, 6.07) is 0. The van der Waals surface area contributed by atoms with Crippen LogP contribution < -0.4 is 5.73 Å². The van der Waals surface area contributed by atoms with Crippen LogP contribution in [0.1, 0.15) is 6.23 Å². The Morgan fingerprint density at radius 3 is 2.96 bits per heavy atom. The van der Waals surface area contributed by atoms with Gasteiger partial charge in [-0.2, -0.15) is 4.98 Å². The van der Waals surface area contributed by atoms with Crippen molar-refractivity contribution in [2.24, 2.45) is 0 Å². The van der Waals surface area contributed by atoms with Gasteiger partial charge in [0.2, 0.25) is 11.6 Å². The molecule has 0 aliphatic carbocycles. The van der Waals surface area contributed by atoms with Gasteiger partial charge in [0.1, 0.15) is 24.4 Å². The van der Waals surface area contributed by atoms with Crippen molar-refractivity contribution in [2.45, 2.75) is 24.1 Å². The molecule has 1 unspecified atom stereocenters. The predicted molar refractivity (Wildman–Crippen MR) is 74.3 cm³/mol. The number of fused-ring (bicyclic) bond motifs is 1. The molecular formula is C13H13F2N5O3. The molecule has 0 aromatic carbocycles. The second-order valence-electron chi connectivity index (χ2n) is 4.95. The van der Waals surface area contributed by atoms with Gasteiger partial charge in [-0.1, -0.05) is 11.8 Å². The first-order valence-electron chi connectivity index (χ1n) is 6.65. The van der Waals surface area contributed by atoms with Crippen LogP contribution in [0.15, 0.2) is 12.5 Å². The number of nitrogens with zero attached hydrogens (tertiary/aromatic N) is 4. The molecule has 23 heavy (non-hydrogen) atoms. The summed E-state index contributed by atoms with van der Waals surface area (Å²) in [6.45, 7) is -1.72. The number of aromatic nitrogens is 4. The molecule has 4 atom stereocenters. The molecule has 122 valence electrons. The Balaban J connectivity index is 2.13. The van der Waals surface area contributed by atoms with E-state index in [1.165, 1.54) is 17.1 Å². The minimum atomic E-state index is -2.65. The van der Waals surface area contributed by atoms with E-state index in [0.29, 0.717) is 5.52 Å². The van der Waals surface area contributed by atoms with Gasteiger partial charge >= 0.3 is 0 Å². The van der Waals surface area contributed by atoms with E-state index in [2.05, 4.69) is 15.0 Å². The average Bonchev–Trinajstić information content (AvgIpc) is 3.05. The van der Waals surface area contributed by atoms with Crippen molar-refractivity contribution in [3.05, 3.63) is 12.5 Å². The molecule has 1 fully saturated rings. The fourth-order valence-corrected chi connectivity index (χ4v) is 2.48. The van der Waals surface area contributed by atoms with Gasteiger partial charge in [-0.05, 0) is 0 Å². The topological polar surface area (TPSA) is 119 Å². The summed E-state index contributed by atoms with van der Waals surface area (Å²) in [7, 11) is 0. The second kappa shape index (κ2) is 5.69. The minimum absolute atomic E-state index is 0.0594. The Hall–Kier alpha value is -2.35. The molecule has 0 saturated carbocycles. The third-order valence-corrected chi connectivity index (χ3v) is 3.56. The predicted octanol–water partition coefficient (Wildman–Crippen LogP) is -0.660. The van der Waals surface area contributed by atoms with Crippen molar-refractivity contribution >= 4 is 17.1 Å². The number of nitrogens with two attached hydrogens (primary N) is 1. The SMILES string of the molecule is Nc1ncc2ncn([C@@H]3O[C@H](CO)C(O)[C@]3(F)C#CCF)c2n1. The maximum atomic E-state index is 15.2.